The van der Waals surface area contributed by atoms with E-state index in [1.54, 1.807) is 6.92 Å². The van der Waals surface area contributed by atoms with E-state index in [1.807, 2.05) is 0 Å². The van der Waals surface area contributed by atoms with Gasteiger partial charge >= 0.3 is 0 Å². The Hall–Kier alpha value is -0.960. The maximum absolute atomic E-state index is 12.6. The minimum atomic E-state index is -0.569. The first-order valence-corrected chi connectivity index (χ1v) is 4.21. The third-order valence-corrected chi connectivity index (χ3v) is 1.77. The number of hydrogen-bond donors (Lipinski definition) is 1. The fourth-order valence-electron chi connectivity index (χ4n) is 1.13. The van der Waals surface area contributed by atoms with Gasteiger partial charge in [-0.3, -0.25) is 0 Å². The van der Waals surface area contributed by atoms with Crippen molar-refractivity contribution in [1.29, 1.82) is 0 Å². The van der Waals surface area contributed by atoms with Crippen molar-refractivity contribution in [3.8, 4) is 0 Å². The Kier molecular flexibility index (Phi) is 3.37. The molecule has 0 fully saturated rings. The third-order valence-electron chi connectivity index (χ3n) is 1.77. The quantitative estimate of drug-likeness (QED) is 0.767. The van der Waals surface area contributed by atoms with E-state index in [-0.39, 0.29) is 0 Å². The summed E-state index contributed by atoms with van der Waals surface area (Å²) in [4.78, 5) is 0. The van der Waals surface area contributed by atoms with Crippen LogP contribution in [0.25, 0.3) is 0 Å². The predicted octanol–water partition coefficient (Wildman–Crippen LogP) is 2.28. The van der Waals surface area contributed by atoms with E-state index in [0.717, 1.165) is 6.07 Å². The van der Waals surface area contributed by atoms with Gasteiger partial charge in [0.25, 0.3) is 0 Å². The summed E-state index contributed by atoms with van der Waals surface area (Å²) in [5.41, 5.74) is 0.582. The molecule has 0 bridgehead atoms. The van der Waals surface area contributed by atoms with Gasteiger partial charge in [-0.1, -0.05) is 0 Å². The van der Waals surface area contributed by atoms with Crippen LogP contribution in [0.15, 0.2) is 18.2 Å². The fraction of sp³-hybridized carbons (Fsp3) is 0.400. The van der Waals surface area contributed by atoms with Crippen molar-refractivity contribution in [2.24, 2.45) is 0 Å². The molecule has 1 aromatic rings. The lowest BCUT2D eigenvalue weighted by atomic mass is 10.1. The molecule has 0 aromatic heterocycles. The Morgan fingerprint density at radius 2 is 1.77 bits per heavy atom. The van der Waals surface area contributed by atoms with Crippen LogP contribution in [0.1, 0.15) is 18.9 Å². The van der Waals surface area contributed by atoms with Gasteiger partial charge in [0.15, 0.2) is 0 Å². The molecular weight excluding hydrogens is 174 g/mol. The summed E-state index contributed by atoms with van der Waals surface area (Å²) in [6, 6.07) is 3.41. The molecule has 0 aliphatic rings. The minimum Gasteiger partial charge on any atom is -0.393 e. The normalized spacial score (nSPS) is 12.9. The lowest BCUT2D eigenvalue weighted by Gasteiger charge is -2.04. The van der Waals surface area contributed by atoms with Crippen LogP contribution in [-0.2, 0) is 6.42 Å². The third kappa shape index (κ3) is 3.51. The van der Waals surface area contributed by atoms with Gasteiger partial charge in [0.2, 0.25) is 0 Å². The van der Waals surface area contributed by atoms with Crippen LogP contribution in [0.2, 0.25) is 0 Å². The standard InChI is InChI=1S/C10H12F2O/c1-7(13)2-3-8-4-9(11)6-10(12)5-8/h4-7,13H,2-3H2,1H3/t7-/m0/s1. The van der Waals surface area contributed by atoms with Crippen LogP contribution in [0.4, 0.5) is 8.78 Å². The molecule has 13 heavy (non-hydrogen) atoms. The predicted molar refractivity (Wildman–Crippen MR) is 46.4 cm³/mol. The Bertz CT molecular complexity index is 264. The second-order valence-electron chi connectivity index (χ2n) is 3.17. The number of hydrogen-bond acceptors (Lipinski definition) is 1. The topological polar surface area (TPSA) is 20.2 Å². The van der Waals surface area contributed by atoms with Gasteiger partial charge in [0.05, 0.1) is 6.10 Å². The van der Waals surface area contributed by atoms with Crippen LogP contribution in [0, 0.1) is 11.6 Å². The zero-order valence-electron chi connectivity index (χ0n) is 7.43. The second kappa shape index (κ2) is 4.33. The molecular formula is C10H12F2O. The molecule has 0 radical (unpaired) electrons. The molecule has 1 nitrogen and oxygen atoms in total. The Morgan fingerprint density at radius 1 is 1.23 bits per heavy atom. The first-order valence-electron chi connectivity index (χ1n) is 4.21. The summed E-state index contributed by atoms with van der Waals surface area (Å²) in [6.45, 7) is 1.65. The highest BCUT2D eigenvalue weighted by Crippen LogP contribution is 2.10. The van der Waals surface area contributed by atoms with E-state index in [0.29, 0.717) is 18.4 Å². The molecule has 0 amide bonds. The molecule has 0 saturated carbocycles. The van der Waals surface area contributed by atoms with Crippen LogP contribution in [0.3, 0.4) is 0 Å². The maximum atomic E-state index is 12.6. The van der Waals surface area contributed by atoms with Crippen molar-refractivity contribution < 1.29 is 13.9 Å². The molecule has 1 N–H and O–H groups in total. The summed E-state index contributed by atoms with van der Waals surface area (Å²) in [6.07, 6.45) is 0.571. The smallest absolute Gasteiger partial charge is 0.126 e. The van der Waals surface area contributed by atoms with E-state index < -0.39 is 17.7 Å². The Balaban J connectivity index is 2.66. The summed E-state index contributed by atoms with van der Waals surface area (Å²) in [5, 5.41) is 8.96. The molecule has 0 aliphatic carbocycles. The first-order chi connectivity index (χ1) is 6.08. The molecule has 0 spiro atoms. The monoisotopic (exact) mass is 186 g/mol. The molecule has 1 aromatic carbocycles. The zero-order valence-corrected chi connectivity index (χ0v) is 7.43. The lowest BCUT2D eigenvalue weighted by Crippen LogP contribution is -2.01. The lowest BCUT2D eigenvalue weighted by molar-refractivity contribution is 0.185. The second-order valence-corrected chi connectivity index (χ2v) is 3.17. The minimum absolute atomic E-state index is 0.439. The maximum Gasteiger partial charge on any atom is 0.126 e. The number of aliphatic hydroxyl groups excluding tert-OH is 1. The molecule has 1 atom stereocenters. The van der Waals surface area contributed by atoms with Crippen molar-refractivity contribution in [3.05, 3.63) is 35.4 Å². The highest BCUT2D eigenvalue weighted by Gasteiger charge is 2.02. The van der Waals surface area contributed by atoms with E-state index in [2.05, 4.69) is 0 Å². The number of rotatable bonds is 3. The number of aliphatic hydroxyl groups is 1. The average Bonchev–Trinajstić information content (AvgIpc) is 1.99. The molecule has 0 unspecified atom stereocenters. The fourth-order valence-corrected chi connectivity index (χ4v) is 1.13. The number of halogens is 2. The van der Waals surface area contributed by atoms with E-state index in [9.17, 15) is 8.78 Å². The summed E-state index contributed by atoms with van der Waals surface area (Å²) < 4.78 is 25.3. The molecule has 0 aliphatic heterocycles. The van der Waals surface area contributed by atoms with Crippen LogP contribution in [-0.4, -0.2) is 11.2 Å². The van der Waals surface area contributed by atoms with Gasteiger partial charge in [-0.25, -0.2) is 8.78 Å². The van der Waals surface area contributed by atoms with E-state index in [4.69, 9.17) is 5.11 Å². The molecule has 1 rings (SSSR count). The van der Waals surface area contributed by atoms with Crippen LogP contribution >= 0.6 is 0 Å². The van der Waals surface area contributed by atoms with E-state index in [1.165, 1.54) is 12.1 Å². The largest absolute Gasteiger partial charge is 0.393 e. The van der Waals surface area contributed by atoms with Crippen molar-refractivity contribution in [2.45, 2.75) is 25.9 Å². The number of benzene rings is 1. The zero-order chi connectivity index (χ0) is 9.84. The molecule has 3 heteroatoms. The van der Waals surface area contributed by atoms with Gasteiger partial charge in [-0.05, 0) is 37.5 Å². The first kappa shape index (κ1) is 10.1. The summed E-state index contributed by atoms with van der Waals surface area (Å²) >= 11 is 0. The van der Waals surface area contributed by atoms with Crippen molar-refractivity contribution >= 4 is 0 Å². The van der Waals surface area contributed by atoms with Crippen molar-refractivity contribution in [2.75, 3.05) is 0 Å². The highest BCUT2D eigenvalue weighted by atomic mass is 19.1. The van der Waals surface area contributed by atoms with Gasteiger partial charge in [-0.2, -0.15) is 0 Å². The molecule has 0 saturated heterocycles. The van der Waals surface area contributed by atoms with Crippen molar-refractivity contribution in [3.63, 3.8) is 0 Å². The molecule has 72 valence electrons. The van der Waals surface area contributed by atoms with Crippen molar-refractivity contribution in [1.82, 2.24) is 0 Å². The van der Waals surface area contributed by atoms with Gasteiger partial charge in [0, 0.05) is 6.07 Å². The molecule has 0 heterocycles. The summed E-state index contributed by atoms with van der Waals surface area (Å²) in [5.74, 6) is -1.14. The highest BCUT2D eigenvalue weighted by molar-refractivity contribution is 5.17. The van der Waals surface area contributed by atoms with Gasteiger partial charge < -0.3 is 5.11 Å². The van der Waals surface area contributed by atoms with E-state index >= 15 is 0 Å². The van der Waals surface area contributed by atoms with Crippen LogP contribution < -0.4 is 0 Å². The summed E-state index contributed by atoms with van der Waals surface area (Å²) in [7, 11) is 0. The Labute approximate surface area is 76.0 Å². The Morgan fingerprint density at radius 3 is 2.23 bits per heavy atom. The van der Waals surface area contributed by atoms with Crippen LogP contribution in [0.5, 0.6) is 0 Å². The SMILES string of the molecule is C[C@H](O)CCc1cc(F)cc(F)c1. The number of aryl methyl sites for hydroxylation is 1. The van der Waals surface area contributed by atoms with Gasteiger partial charge in [0.1, 0.15) is 11.6 Å². The van der Waals surface area contributed by atoms with Gasteiger partial charge in [-0.15, -0.1) is 0 Å². The average molecular weight is 186 g/mol.